The number of carbonyl (C=O) groups is 4. The summed E-state index contributed by atoms with van der Waals surface area (Å²) < 4.78 is 10.9. The van der Waals surface area contributed by atoms with Gasteiger partial charge in [-0.1, -0.05) is 18.2 Å². The number of phenols is 1. The Morgan fingerprint density at radius 3 is 2.45 bits per heavy atom. The summed E-state index contributed by atoms with van der Waals surface area (Å²) in [5.74, 6) is 0.0158. The maximum Gasteiger partial charge on any atom is 0.298 e. The van der Waals surface area contributed by atoms with Gasteiger partial charge in [0.15, 0.2) is 5.43 Å². The molecule has 5 rings (SSSR count). The molecule has 2 aromatic rings. The van der Waals surface area contributed by atoms with Crippen molar-refractivity contribution in [3.8, 4) is 33.9 Å². The molecule has 2 heterocycles. The number of amides is 3. The Morgan fingerprint density at radius 1 is 1.00 bits per heavy atom. The quantitative estimate of drug-likeness (QED) is 0.227. The summed E-state index contributed by atoms with van der Waals surface area (Å²) in [5.41, 5.74) is 2.39. The van der Waals surface area contributed by atoms with Crippen molar-refractivity contribution in [3.05, 3.63) is 83.0 Å². The van der Waals surface area contributed by atoms with Crippen molar-refractivity contribution in [1.82, 2.24) is 10.2 Å². The third-order valence-corrected chi connectivity index (χ3v) is 5.62. The first kappa shape index (κ1) is 25.8. The lowest BCUT2D eigenvalue weighted by Crippen LogP contribution is -2.37. The summed E-state index contributed by atoms with van der Waals surface area (Å²) >= 11 is 0. The average Bonchev–Trinajstić information content (AvgIpc) is 3.20. The molecule has 38 heavy (non-hydrogen) atoms. The second kappa shape index (κ2) is 11.2. The first-order valence-corrected chi connectivity index (χ1v) is 11.5. The van der Waals surface area contributed by atoms with E-state index in [4.69, 9.17) is 9.15 Å². The molecule has 2 aliphatic heterocycles. The molecular formula is C28H22N2O8. The van der Waals surface area contributed by atoms with E-state index < -0.39 is 0 Å². The number of aromatic hydroxyl groups is 1. The molecule has 0 atom stereocenters. The topological polar surface area (TPSA) is 143 Å². The molecule has 0 unspecified atom stereocenters. The molecule has 0 aromatic heterocycles. The van der Waals surface area contributed by atoms with E-state index in [-0.39, 0.29) is 35.4 Å². The van der Waals surface area contributed by atoms with Crippen LogP contribution in [0.1, 0.15) is 6.92 Å². The molecule has 0 spiro atoms. The second-order valence-electron chi connectivity index (χ2n) is 8.17. The highest BCUT2D eigenvalue weighted by Gasteiger charge is 2.22. The van der Waals surface area contributed by atoms with E-state index in [0.29, 0.717) is 41.2 Å². The molecule has 3 aliphatic rings. The minimum atomic E-state index is -0.324. The number of phenolic OH excluding ortho intramolecular Hbond substituents is 1. The van der Waals surface area contributed by atoms with Crippen LogP contribution in [0.5, 0.6) is 11.5 Å². The Kier molecular flexibility index (Phi) is 7.62. The Bertz CT molecular complexity index is 1590. The zero-order valence-electron chi connectivity index (χ0n) is 20.2. The molecule has 2 N–H and O–H groups in total. The molecule has 0 fully saturated rings. The van der Waals surface area contributed by atoms with Crippen LogP contribution in [-0.4, -0.2) is 47.3 Å². The molecule has 0 saturated heterocycles. The van der Waals surface area contributed by atoms with Crippen LogP contribution in [0.25, 0.3) is 33.4 Å². The molecule has 192 valence electrons. The lowest BCUT2D eigenvalue weighted by atomic mass is 9.93. The first-order chi connectivity index (χ1) is 18.3. The van der Waals surface area contributed by atoms with Crippen molar-refractivity contribution >= 4 is 35.2 Å². The monoisotopic (exact) mass is 514 g/mol. The van der Waals surface area contributed by atoms with Gasteiger partial charge in [0.05, 0.1) is 0 Å². The maximum atomic E-state index is 11.7. The van der Waals surface area contributed by atoms with Gasteiger partial charge < -0.3 is 19.6 Å². The van der Waals surface area contributed by atoms with Crippen LogP contribution in [0.3, 0.4) is 0 Å². The van der Waals surface area contributed by atoms with Crippen LogP contribution >= 0.6 is 0 Å². The zero-order chi connectivity index (χ0) is 27.2. The number of ether oxygens (including phenoxy) is 1. The Morgan fingerprint density at radius 2 is 1.74 bits per heavy atom. The number of hydrogen-bond acceptors (Lipinski definition) is 8. The number of nitrogens with one attached hydrogen (secondary N) is 1. The fourth-order valence-corrected chi connectivity index (χ4v) is 3.97. The minimum absolute atomic E-state index is 0.0530. The Hall–Kier alpha value is -5.25. The average molecular weight is 514 g/mol. The minimum Gasteiger partial charge on any atom is -0.508 e. The molecular weight excluding hydrogens is 492 g/mol. The number of carbonyl (C=O) groups excluding carboxylic acids is 4. The van der Waals surface area contributed by atoms with Gasteiger partial charge in [-0.25, -0.2) is 0 Å². The molecule has 10 nitrogen and oxygen atoms in total. The number of hydrogen-bond donors (Lipinski definition) is 2. The van der Waals surface area contributed by atoms with Crippen LogP contribution in [0.15, 0.2) is 82.0 Å². The normalized spacial score (nSPS) is 12.4. The molecule has 0 radical (unpaired) electrons. The van der Waals surface area contributed by atoms with Gasteiger partial charge in [-0.2, -0.15) is 0 Å². The highest BCUT2D eigenvalue weighted by atomic mass is 16.5. The highest BCUT2D eigenvalue weighted by molar-refractivity contribution is 6.12. The van der Waals surface area contributed by atoms with E-state index in [1.807, 2.05) is 12.1 Å². The standard InChI is InChI=1S/C20H12O5.C8H10N2O3/c21-11-24-17-4-2-1-3-14(17)20-15-7-5-12(22)9-18(15)25-19-10-13(23)6-8-16(19)20;1-6(11)9-4-5-10-7(12)2-3-8(10)13/h1-11,22H;2-3H,4-5H2,1H3,(H,9,11). The fourth-order valence-electron chi connectivity index (χ4n) is 3.97. The molecule has 3 amide bonds. The summed E-state index contributed by atoms with van der Waals surface area (Å²) in [7, 11) is 0. The van der Waals surface area contributed by atoms with Crippen molar-refractivity contribution in [3.63, 3.8) is 0 Å². The van der Waals surface area contributed by atoms with E-state index in [0.717, 1.165) is 15.8 Å². The van der Waals surface area contributed by atoms with Crippen molar-refractivity contribution in [1.29, 1.82) is 0 Å². The highest BCUT2D eigenvalue weighted by Crippen LogP contribution is 2.43. The number of benzene rings is 3. The fraction of sp³-hybridized carbons (Fsp3) is 0.107. The van der Waals surface area contributed by atoms with Gasteiger partial charge in [0, 0.05) is 66.4 Å². The van der Waals surface area contributed by atoms with E-state index in [1.165, 1.54) is 37.3 Å². The van der Waals surface area contributed by atoms with Crippen LogP contribution < -0.4 is 15.5 Å². The Balaban J connectivity index is 0.000000219. The number of rotatable bonds is 6. The molecule has 0 bridgehead atoms. The van der Waals surface area contributed by atoms with E-state index in [2.05, 4.69) is 5.32 Å². The second-order valence-corrected chi connectivity index (χ2v) is 8.17. The summed E-state index contributed by atoms with van der Waals surface area (Å²) in [5, 5.41) is 13.0. The van der Waals surface area contributed by atoms with Gasteiger partial charge in [0.25, 0.3) is 18.3 Å². The number of para-hydroxylation sites is 1. The molecule has 1 aliphatic carbocycles. The predicted molar refractivity (Wildman–Crippen MR) is 137 cm³/mol. The summed E-state index contributed by atoms with van der Waals surface area (Å²) in [6, 6.07) is 16.4. The van der Waals surface area contributed by atoms with Gasteiger partial charge in [-0.05, 0) is 30.3 Å². The largest absolute Gasteiger partial charge is 0.508 e. The van der Waals surface area contributed by atoms with Crippen molar-refractivity contribution < 1.29 is 33.4 Å². The van der Waals surface area contributed by atoms with E-state index >= 15 is 0 Å². The summed E-state index contributed by atoms with van der Waals surface area (Å²) in [6.07, 6.45) is 2.44. The van der Waals surface area contributed by atoms with E-state index in [9.17, 15) is 29.1 Å². The predicted octanol–water partition coefficient (Wildman–Crippen LogP) is 2.85. The van der Waals surface area contributed by atoms with Crippen molar-refractivity contribution in [2.24, 2.45) is 0 Å². The van der Waals surface area contributed by atoms with Gasteiger partial charge in [-0.3, -0.25) is 28.9 Å². The van der Waals surface area contributed by atoms with Crippen LogP contribution in [0, 0.1) is 0 Å². The van der Waals surface area contributed by atoms with Gasteiger partial charge in [0.1, 0.15) is 22.8 Å². The van der Waals surface area contributed by atoms with Crippen molar-refractivity contribution in [2.75, 3.05) is 13.1 Å². The maximum absolute atomic E-state index is 11.7. The lowest BCUT2D eigenvalue weighted by molar-refractivity contribution is -0.137. The van der Waals surface area contributed by atoms with Crippen LogP contribution in [0.2, 0.25) is 0 Å². The van der Waals surface area contributed by atoms with Gasteiger partial charge in [0.2, 0.25) is 5.91 Å². The lowest BCUT2D eigenvalue weighted by Gasteiger charge is -2.16. The van der Waals surface area contributed by atoms with Gasteiger partial charge in [-0.15, -0.1) is 0 Å². The zero-order valence-corrected chi connectivity index (χ0v) is 20.2. The number of fused-ring (bicyclic) bond motifs is 2. The van der Waals surface area contributed by atoms with Crippen LogP contribution in [0.4, 0.5) is 0 Å². The number of imide groups is 1. The third-order valence-electron chi connectivity index (χ3n) is 5.62. The number of nitrogens with zero attached hydrogens (tertiary/aromatic N) is 1. The van der Waals surface area contributed by atoms with Gasteiger partial charge >= 0.3 is 0 Å². The SMILES string of the molecule is CC(=O)NCCN1C(=O)C=CC1=O.O=COc1ccccc1-c1c2ccc(=O)cc-2oc2cc(O)ccc12. The summed E-state index contributed by atoms with van der Waals surface area (Å²) in [6.45, 7) is 2.28. The smallest absolute Gasteiger partial charge is 0.298 e. The Labute approximate surface area is 216 Å². The van der Waals surface area contributed by atoms with Crippen LogP contribution in [-0.2, 0) is 19.2 Å². The summed E-state index contributed by atoms with van der Waals surface area (Å²) in [4.78, 5) is 56.1. The third kappa shape index (κ3) is 5.59. The molecule has 0 saturated carbocycles. The van der Waals surface area contributed by atoms with Crippen molar-refractivity contribution in [2.45, 2.75) is 6.92 Å². The molecule has 2 aromatic carbocycles. The molecule has 10 heteroatoms. The van der Waals surface area contributed by atoms with E-state index in [1.54, 1.807) is 30.3 Å². The first-order valence-electron chi connectivity index (χ1n) is 11.5.